The Morgan fingerprint density at radius 2 is 1.89 bits per heavy atom. The number of unbranched alkanes of at least 4 members (excludes halogenated alkanes) is 3. The van der Waals surface area contributed by atoms with Gasteiger partial charge in [-0.25, -0.2) is 9.78 Å². The smallest absolute Gasteiger partial charge is 0.357 e. The molecule has 0 radical (unpaired) electrons. The van der Waals surface area contributed by atoms with Crippen molar-refractivity contribution in [3.8, 4) is 0 Å². The highest BCUT2D eigenvalue weighted by molar-refractivity contribution is 7.09. The molecule has 5 atom stereocenters. The first kappa shape index (κ1) is 39.1. The van der Waals surface area contributed by atoms with Crippen LogP contribution in [0.15, 0.2) is 5.38 Å². The summed E-state index contributed by atoms with van der Waals surface area (Å²) in [5.74, 6) is -0.539. The number of piperidine rings is 1. The molecule has 0 aliphatic carbocycles. The standard InChI is InChI=1S/C34H60N4O6S/c1-8-11-12-14-19-38(33(41)30(25(6)9-2)36-31(40)27-17-13-15-18-37(27)7)28(24(4)5)22-29(44-21-16-20-39)32-35-26(23-45-32)34(42)43-10-3/h23-25,27-30,39H,8-22H2,1-7H3,(H,36,40)/t25-,27+,28+,29+,30-/m0/s1. The number of likely N-dealkylation sites (tertiary alicyclic amines) is 1. The van der Waals surface area contributed by atoms with Gasteiger partial charge in [0, 0.05) is 37.6 Å². The van der Waals surface area contributed by atoms with Crippen molar-refractivity contribution in [3.63, 3.8) is 0 Å². The first-order valence-electron chi connectivity index (χ1n) is 17.2. The van der Waals surface area contributed by atoms with E-state index in [0.717, 1.165) is 57.9 Å². The number of ether oxygens (including phenoxy) is 2. The molecular weight excluding hydrogens is 592 g/mol. The van der Waals surface area contributed by atoms with Crippen LogP contribution in [0.4, 0.5) is 0 Å². The number of nitrogens with one attached hydrogen (secondary N) is 1. The quantitative estimate of drug-likeness (QED) is 0.130. The van der Waals surface area contributed by atoms with Crippen LogP contribution in [-0.2, 0) is 19.1 Å². The maximum absolute atomic E-state index is 14.6. The Balaban J connectivity index is 2.43. The number of aliphatic hydroxyl groups excluding tert-OH is 1. The minimum absolute atomic E-state index is 0.000774. The fourth-order valence-corrected chi connectivity index (χ4v) is 6.76. The second-order valence-electron chi connectivity index (χ2n) is 12.7. The molecule has 258 valence electrons. The molecule has 2 heterocycles. The molecule has 0 spiro atoms. The summed E-state index contributed by atoms with van der Waals surface area (Å²) in [4.78, 5) is 49.3. The average molecular weight is 653 g/mol. The molecule has 11 heteroatoms. The molecule has 1 aliphatic rings. The summed E-state index contributed by atoms with van der Waals surface area (Å²) in [7, 11) is 1.99. The molecule has 0 aromatic carbocycles. The number of hydrogen-bond acceptors (Lipinski definition) is 9. The van der Waals surface area contributed by atoms with E-state index in [1.54, 1.807) is 12.3 Å². The number of esters is 1. The number of carbonyl (C=O) groups excluding carboxylic acids is 3. The zero-order chi connectivity index (χ0) is 33.4. The average Bonchev–Trinajstić information content (AvgIpc) is 3.52. The Kier molecular flexibility index (Phi) is 18.2. The highest BCUT2D eigenvalue weighted by atomic mass is 32.1. The number of aromatic nitrogens is 1. The third-order valence-electron chi connectivity index (χ3n) is 8.91. The lowest BCUT2D eigenvalue weighted by Crippen LogP contribution is -2.59. The lowest BCUT2D eigenvalue weighted by atomic mass is 9.91. The fraction of sp³-hybridized carbons (Fsp3) is 0.824. The van der Waals surface area contributed by atoms with Gasteiger partial charge in [-0.05, 0) is 58.0 Å². The van der Waals surface area contributed by atoms with Gasteiger partial charge in [0.25, 0.3) is 0 Å². The number of likely N-dealkylation sites (N-methyl/N-ethyl adjacent to an activating group) is 1. The van der Waals surface area contributed by atoms with E-state index < -0.39 is 18.1 Å². The molecule has 10 nitrogen and oxygen atoms in total. The van der Waals surface area contributed by atoms with E-state index in [9.17, 15) is 19.5 Å². The maximum atomic E-state index is 14.6. The van der Waals surface area contributed by atoms with Crippen molar-refractivity contribution >= 4 is 29.1 Å². The van der Waals surface area contributed by atoms with Crippen molar-refractivity contribution < 1.29 is 29.0 Å². The predicted octanol–water partition coefficient (Wildman–Crippen LogP) is 5.60. The fourth-order valence-electron chi connectivity index (χ4n) is 5.91. The van der Waals surface area contributed by atoms with E-state index in [4.69, 9.17) is 9.47 Å². The van der Waals surface area contributed by atoms with Gasteiger partial charge in [0.15, 0.2) is 5.69 Å². The molecule has 1 aromatic heterocycles. The Hall–Kier alpha value is -2.08. The van der Waals surface area contributed by atoms with Crippen molar-refractivity contribution in [2.45, 2.75) is 130 Å². The first-order chi connectivity index (χ1) is 21.6. The van der Waals surface area contributed by atoms with Crippen LogP contribution in [0, 0.1) is 11.8 Å². The van der Waals surface area contributed by atoms with Crippen molar-refractivity contribution in [2.75, 3.05) is 40.0 Å². The van der Waals surface area contributed by atoms with Crippen molar-refractivity contribution in [2.24, 2.45) is 11.8 Å². The first-order valence-corrected chi connectivity index (χ1v) is 18.1. The van der Waals surface area contributed by atoms with Crippen molar-refractivity contribution in [3.05, 3.63) is 16.1 Å². The molecule has 1 aliphatic heterocycles. The summed E-state index contributed by atoms with van der Waals surface area (Å²) in [5.41, 5.74) is 0.244. The molecule has 2 rings (SSSR count). The van der Waals surface area contributed by atoms with E-state index in [-0.39, 0.29) is 54.6 Å². The lowest BCUT2D eigenvalue weighted by molar-refractivity contribution is -0.143. The molecule has 1 fully saturated rings. The Labute approximate surface area is 275 Å². The molecule has 1 aromatic rings. The van der Waals surface area contributed by atoms with Gasteiger partial charge in [-0.2, -0.15) is 0 Å². The summed E-state index contributed by atoms with van der Waals surface area (Å²) in [5, 5.41) is 15.0. The van der Waals surface area contributed by atoms with E-state index >= 15 is 0 Å². The SMILES string of the molecule is CCCCCCN(C(=O)[C@@H](NC(=O)[C@H]1CCCCN1C)[C@@H](C)CC)[C@H](C[C@@H](OCCCO)c1nc(C(=O)OCC)cs1)C(C)C. The van der Waals surface area contributed by atoms with Crippen LogP contribution < -0.4 is 5.32 Å². The molecule has 0 saturated carbocycles. The van der Waals surface area contributed by atoms with Gasteiger partial charge in [0.05, 0.1) is 12.6 Å². The summed E-state index contributed by atoms with van der Waals surface area (Å²) in [6.07, 6.45) is 8.19. The molecule has 2 amide bonds. The Bertz CT molecular complexity index is 1020. The number of amides is 2. The van der Waals surface area contributed by atoms with Crippen LogP contribution >= 0.6 is 11.3 Å². The minimum atomic E-state index is -0.630. The van der Waals surface area contributed by atoms with Gasteiger partial charge >= 0.3 is 5.97 Å². The normalized spacial score (nSPS) is 18.3. The number of carbonyl (C=O) groups is 3. The number of thiazole rings is 1. The van der Waals surface area contributed by atoms with Gasteiger partial charge in [-0.1, -0.05) is 66.7 Å². The highest BCUT2D eigenvalue weighted by Gasteiger charge is 2.38. The van der Waals surface area contributed by atoms with Gasteiger partial charge in [-0.3, -0.25) is 14.5 Å². The summed E-state index contributed by atoms with van der Waals surface area (Å²) >= 11 is 1.34. The Morgan fingerprint density at radius 1 is 1.13 bits per heavy atom. The van der Waals surface area contributed by atoms with E-state index in [1.165, 1.54) is 11.3 Å². The minimum Gasteiger partial charge on any atom is -0.461 e. The third-order valence-corrected chi connectivity index (χ3v) is 9.85. The lowest BCUT2D eigenvalue weighted by Gasteiger charge is -2.40. The second kappa shape index (κ2) is 20.9. The van der Waals surface area contributed by atoms with Crippen LogP contribution in [0.5, 0.6) is 0 Å². The predicted molar refractivity (Wildman–Crippen MR) is 179 cm³/mol. The van der Waals surface area contributed by atoms with Crippen molar-refractivity contribution in [1.82, 2.24) is 20.1 Å². The number of rotatable bonds is 21. The molecular formula is C34H60N4O6S. The largest absolute Gasteiger partial charge is 0.461 e. The number of hydrogen-bond donors (Lipinski definition) is 2. The van der Waals surface area contributed by atoms with E-state index in [1.807, 2.05) is 18.9 Å². The van der Waals surface area contributed by atoms with Gasteiger partial charge in [-0.15, -0.1) is 11.3 Å². The van der Waals surface area contributed by atoms with E-state index in [0.29, 0.717) is 31.0 Å². The summed E-state index contributed by atoms with van der Waals surface area (Å²) < 4.78 is 11.4. The van der Waals surface area contributed by atoms with Gasteiger partial charge in [0.2, 0.25) is 11.8 Å². The van der Waals surface area contributed by atoms with Gasteiger partial charge in [0.1, 0.15) is 17.2 Å². The zero-order valence-corrected chi connectivity index (χ0v) is 29.7. The highest BCUT2D eigenvalue weighted by Crippen LogP contribution is 2.32. The topological polar surface area (TPSA) is 121 Å². The van der Waals surface area contributed by atoms with Crippen LogP contribution in [0.2, 0.25) is 0 Å². The molecule has 0 unspecified atom stereocenters. The van der Waals surface area contributed by atoms with Crippen molar-refractivity contribution in [1.29, 1.82) is 0 Å². The molecule has 2 N–H and O–H groups in total. The van der Waals surface area contributed by atoms with Crippen LogP contribution in [-0.4, -0.2) is 95.8 Å². The molecule has 1 saturated heterocycles. The Morgan fingerprint density at radius 3 is 2.51 bits per heavy atom. The van der Waals surface area contributed by atoms with Crippen LogP contribution in [0.25, 0.3) is 0 Å². The maximum Gasteiger partial charge on any atom is 0.357 e. The number of aliphatic hydroxyl groups is 1. The number of nitrogens with zero attached hydrogens (tertiary/aromatic N) is 3. The summed E-state index contributed by atoms with van der Waals surface area (Å²) in [6.45, 7) is 14.3. The summed E-state index contributed by atoms with van der Waals surface area (Å²) in [6, 6.07) is -1.05. The zero-order valence-electron chi connectivity index (χ0n) is 28.9. The van der Waals surface area contributed by atoms with E-state index in [2.05, 4.69) is 42.9 Å². The van der Waals surface area contributed by atoms with Gasteiger partial charge < -0.3 is 24.8 Å². The monoisotopic (exact) mass is 652 g/mol. The van der Waals surface area contributed by atoms with Crippen LogP contribution in [0.1, 0.15) is 127 Å². The van der Waals surface area contributed by atoms with Crippen LogP contribution in [0.3, 0.4) is 0 Å². The second-order valence-corrected chi connectivity index (χ2v) is 13.6. The third kappa shape index (κ3) is 12.2. The molecule has 45 heavy (non-hydrogen) atoms. The molecule has 0 bridgehead atoms.